The van der Waals surface area contributed by atoms with Gasteiger partial charge in [-0.3, -0.25) is 0 Å². The van der Waals surface area contributed by atoms with Crippen LogP contribution in [-0.2, 0) is 13.1 Å². The van der Waals surface area contributed by atoms with Gasteiger partial charge in [0.05, 0.1) is 19.9 Å². The number of aliphatic imine (C=N–C) groups is 1. The molecule has 3 aromatic rings. The van der Waals surface area contributed by atoms with Crippen LogP contribution in [0.2, 0.25) is 0 Å². The van der Waals surface area contributed by atoms with E-state index >= 15 is 0 Å². The van der Waals surface area contributed by atoms with Gasteiger partial charge in [-0.05, 0) is 60.7 Å². The molecule has 0 amide bonds. The molecule has 0 aliphatic carbocycles. The van der Waals surface area contributed by atoms with Crippen LogP contribution in [0.25, 0.3) is 0 Å². The van der Waals surface area contributed by atoms with Crippen molar-refractivity contribution in [3.63, 3.8) is 0 Å². The van der Waals surface area contributed by atoms with Crippen molar-refractivity contribution in [2.75, 3.05) is 20.5 Å². The molecule has 0 fully saturated rings. The van der Waals surface area contributed by atoms with Crippen LogP contribution in [0.5, 0.6) is 11.5 Å². The molecule has 0 bridgehead atoms. The lowest BCUT2D eigenvalue weighted by Gasteiger charge is -2.26. The van der Waals surface area contributed by atoms with E-state index < -0.39 is 0 Å². The zero-order chi connectivity index (χ0) is 21.3. The van der Waals surface area contributed by atoms with Gasteiger partial charge >= 0.3 is 0 Å². The number of methoxy groups -OCH3 is 2. The lowest BCUT2D eigenvalue weighted by atomic mass is 10.1. The van der Waals surface area contributed by atoms with Crippen molar-refractivity contribution in [3.05, 3.63) is 89.5 Å². The van der Waals surface area contributed by atoms with E-state index in [0.29, 0.717) is 0 Å². The number of nitrogens with zero attached hydrogens (tertiary/aromatic N) is 2. The van der Waals surface area contributed by atoms with E-state index in [1.807, 2.05) is 24.3 Å². The van der Waals surface area contributed by atoms with Gasteiger partial charge < -0.3 is 14.4 Å². The van der Waals surface area contributed by atoms with Gasteiger partial charge in [0.25, 0.3) is 0 Å². The zero-order valence-electron chi connectivity index (χ0n) is 18.0. The minimum Gasteiger partial charge on any atom is -0.497 e. The van der Waals surface area contributed by atoms with E-state index in [0.717, 1.165) is 35.4 Å². The number of rotatable bonds is 7. The van der Waals surface area contributed by atoms with Gasteiger partial charge in [-0.25, -0.2) is 4.99 Å². The maximum absolute atomic E-state index is 5.30. The molecule has 0 aliphatic rings. The van der Waals surface area contributed by atoms with Crippen LogP contribution in [0.1, 0.15) is 16.7 Å². The predicted molar refractivity (Wildman–Crippen MR) is 127 cm³/mol. The molecule has 0 aliphatic heterocycles. The summed E-state index contributed by atoms with van der Waals surface area (Å²) in [5, 5.41) is 0.977. The summed E-state index contributed by atoms with van der Waals surface area (Å²) >= 11 is 1.66. The van der Waals surface area contributed by atoms with Gasteiger partial charge in [0.15, 0.2) is 5.17 Å². The summed E-state index contributed by atoms with van der Waals surface area (Å²) in [4.78, 5) is 7.23. The van der Waals surface area contributed by atoms with Crippen molar-refractivity contribution in [2.24, 2.45) is 4.99 Å². The van der Waals surface area contributed by atoms with Crippen molar-refractivity contribution >= 4 is 22.6 Å². The number of ether oxygens (including phenoxy) is 2. The Kier molecular flexibility index (Phi) is 7.80. The highest BCUT2D eigenvalue weighted by molar-refractivity contribution is 8.13. The Morgan fingerprint density at radius 1 is 0.767 bits per heavy atom. The number of thioether (sulfide) groups is 1. The van der Waals surface area contributed by atoms with E-state index in [9.17, 15) is 0 Å². The van der Waals surface area contributed by atoms with Crippen molar-refractivity contribution in [1.29, 1.82) is 0 Å². The molecule has 0 spiro atoms. The van der Waals surface area contributed by atoms with E-state index in [-0.39, 0.29) is 0 Å². The Hall–Kier alpha value is -2.92. The number of aryl methyl sites for hydroxylation is 1. The third kappa shape index (κ3) is 6.04. The first-order valence-corrected chi connectivity index (χ1v) is 11.0. The zero-order valence-corrected chi connectivity index (χ0v) is 18.8. The average molecular weight is 421 g/mol. The molecule has 0 saturated heterocycles. The van der Waals surface area contributed by atoms with E-state index in [1.54, 1.807) is 26.0 Å². The van der Waals surface area contributed by atoms with E-state index in [2.05, 4.69) is 66.6 Å². The number of amidine groups is 1. The Balaban J connectivity index is 1.89. The quantitative estimate of drug-likeness (QED) is 0.343. The topological polar surface area (TPSA) is 34.1 Å². The normalized spacial score (nSPS) is 11.3. The molecule has 0 aromatic heterocycles. The first kappa shape index (κ1) is 21.8. The molecular formula is C25H28N2O2S. The van der Waals surface area contributed by atoms with Crippen molar-refractivity contribution in [2.45, 2.75) is 20.0 Å². The van der Waals surface area contributed by atoms with Gasteiger partial charge in [-0.1, -0.05) is 53.7 Å². The number of hydrogen-bond acceptors (Lipinski definition) is 4. The molecule has 0 radical (unpaired) electrons. The summed E-state index contributed by atoms with van der Waals surface area (Å²) in [5.41, 5.74) is 4.59. The van der Waals surface area contributed by atoms with Crippen LogP contribution >= 0.6 is 11.8 Å². The van der Waals surface area contributed by atoms with Crippen LogP contribution in [-0.4, -0.2) is 30.5 Å². The third-order valence-corrected chi connectivity index (χ3v) is 5.49. The Morgan fingerprint density at radius 3 is 1.63 bits per heavy atom. The molecule has 156 valence electrons. The van der Waals surface area contributed by atoms with Gasteiger partial charge in [0, 0.05) is 13.1 Å². The van der Waals surface area contributed by atoms with Crippen LogP contribution in [0, 0.1) is 6.92 Å². The highest BCUT2D eigenvalue weighted by Crippen LogP contribution is 2.22. The molecule has 0 atom stereocenters. The molecule has 0 N–H and O–H groups in total. The Morgan fingerprint density at radius 2 is 1.23 bits per heavy atom. The maximum Gasteiger partial charge on any atom is 0.164 e. The van der Waals surface area contributed by atoms with Crippen LogP contribution in [0.15, 0.2) is 77.8 Å². The van der Waals surface area contributed by atoms with Crippen molar-refractivity contribution in [1.82, 2.24) is 4.90 Å². The van der Waals surface area contributed by atoms with Gasteiger partial charge in [0.1, 0.15) is 11.5 Å². The molecule has 4 nitrogen and oxygen atoms in total. The third-order valence-electron chi connectivity index (χ3n) is 4.78. The van der Waals surface area contributed by atoms with Crippen LogP contribution in [0.3, 0.4) is 0 Å². The summed E-state index contributed by atoms with van der Waals surface area (Å²) < 4.78 is 10.6. The Bertz CT molecular complexity index is 902. The monoisotopic (exact) mass is 420 g/mol. The summed E-state index contributed by atoms with van der Waals surface area (Å²) in [5.74, 6) is 1.72. The SMILES string of the molecule is COc1ccc(CN(Cc2ccc(OC)cc2)C(=Nc2ccc(C)cc2)SC)cc1. The van der Waals surface area contributed by atoms with Crippen LogP contribution < -0.4 is 9.47 Å². The molecule has 0 unspecified atom stereocenters. The maximum atomic E-state index is 5.30. The molecular weight excluding hydrogens is 392 g/mol. The summed E-state index contributed by atoms with van der Waals surface area (Å²) in [6.07, 6.45) is 2.07. The molecule has 3 aromatic carbocycles. The van der Waals surface area contributed by atoms with Gasteiger partial charge in [-0.15, -0.1) is 0 Å². The first-order chi connectivity index (χ1) is 14.6. The second kappa shape index (κ2) is 10.7. The minimum absolute atomic E-state index is 0.752. The number of benzene rings is 3. The minimum atomic E-state index is 0.752. The summed E-state index contributed by atoms with van der Waals surface area (Å²) in [7, 11) is 3.37. The first-order valence-electron chi connectivity index (χ1n) is 9.81. The van der Waals surface area contributed by atoms with Crippen molar-refractivity contribution < 1.29 is 9.47 Å². The fourth-order valence-corrected chi connectivity index (χ4v) is 3.65. The van der Waals surface area contributed by atoms with Gasteiger partial charge in [-0.2, -0.15) is 0 Å². The molecule has 0 heterocycles. The molecule has 0 saturated carbocycles. The van der Waals surface area contributed by atoms with Crippen molar-refractivity contribution in [3.8, 4) is 11.5 Å². The smallest absolute Gasteiger partial charge is 0.164 e. The largest absolute Gasteiger partial charge is 0.497 e. The van der Waals surface area contributed by atoms with Crippen LogP contribution in [0.4, 0.5) is 5.69 Å². The number of hydrogen-bond donors (Lipinski definition) is 0. The lowest BCUT2D eigenvalue weighted by molar-refractivity contribution is 0.405. The second-order valence-electron chi connectivity index (χ2n) is 6.99. The Labute approximate surface area is 183 Å². The fraction of sp³-hybridized carbons (Fsp3) is 0.240. The standard InChI is InChI=1S/C25H28N2O2S/c1-19-5-11-22(12-6-19)26-25(30-4)27(17-20-7-13-23(28-2)14-8-20)18-21-9-15-24(29-3)16-10-21/h5-16H,17-18H2,1-4H3. The fourth-order valence-electron chi connectivity index (χ4n) is 3.07. The average Bonchev–Trinajstić information content (AvgIpc) is 2.79. The van der Waals surface area contributed by atoms with Gasteiger partial charge in [0.2, 0.25) is 0 Å². The molecule has 3 rings (SSSR count). The summed E-state index contributed by atoms with van der Waals surface area (Å²) in [6, 6.07) is 24.7. The summed E-state index contributed by atoms with van der Waals surface area (Å²) in [6.45, 7) is 3.59. The molecule has 5 heteroatoms. The van der Waals surface area contributed by atoms with E-state index in [4.69, 9.17) is 14.5 Å². The second-order valence-corrected chi connectivity index (χ2v) is 7.76. The highest BCUT2D eigenvalue weighted by atomic mass is 32.2. The predicted octanol–water partition coefficient (Wildman–Crippen LogP) is 6.07. The lowest BCUT2D eigenvalue weighted by Crippen LogP contribution is -2.27. The highest BCUT2D eigenvalue weighted by Gasteiger charge is 2.13. The molecule has 30 heavy (non-hydrogen) atoms. The van der Waals surface area contributed by atoms with E-state index in [1.165, 1.54) is 16.7 Å².